The molecule has 0 saturated heterocycles. The Morgan fingerprint density at radius 2 is 2.12 bits per heavy atom. The van der Waals surface area contributed by atoms with E-state index in [1.807, 2.05) is 6.07 Å². The lowest BCUT2D eigenvalue weighted by Gasteiger charge is -2.21. The fourth-order valence-corrected chi connectivity index (χ4v) is 2.29. The van der Waals surface area contributed by atoms with Gasteiger partial charge in [0, 0.05) is 23.4 Å². The molecule has 0 radical (unpaired) electrons. The Morgan fingerprint density at radius 3 is 2.81 bits per heavy atom. The Labute approximate surface area is 95.6 Å². The molecule has 3 nitrogen and oxygen atoms in total. The summed E-state index contributed by atoms with van der Waals surface area (Å²) in [6.45, 7) is 3.26. The first-order valence-corrected chi connectivity index (χ1v) is 5.78. The van der Waals surface area contributed by atoms with Gasteiger partial charge in [-0.1, -0.05) is 19.3 Å². The summed E-state index contributed by atoms with van der Waals surface area (Å²) in [7, 11) is 0. The second-order valence-electron chi connectivity index (χ2n) is 4.27. The maximum Gasteiger partial charge on any atom is 0.276 e. The van der Waals surface area contributed by atoms with E-state index < -0.39 is 0 Å². The van der Waals surface area contributed by atoms with Gasteiger partial charge in [-0.2, -0.15) is 0 Å². The van der Waals surface area contributed by atoms with Crippen molar-refractivity contribution in [3.8, 4) is 0 Å². The molecule has 0 spiro atoms. The quantitative estimate of drug-likeness (QED) is 0.713. The van der Waals surface area contributed by atoms with Crippen molar-refractivity contribution < 1.29 is 4.79 Å². The van der Waals surface area contributed by atoms with Crippen LogP contribution in [-0.2, 0) is 0 Å². The molecule has 0 bridgehead atoms. The molecule has 1 aromatic rings. The number of aromatic nitrogens is 1. The zero-order valence-electron chi connectivity index (χ0n) is 9.35. The normalized spacial score (nSPS) is 17.0. The maximum atomic E-state index is 11.4. The lowest BCUT2D eigenvalue weighted by Crippen LogP contribution is -2.07. The van der Waals surface area contributed by atoms with Crippen LogP contribution in [0, 0.1) is 0 Å². The van der Waals surface area contributed by atoms with Crippen molar-refractivity contribution in [3.05, 3.63) is 29.6 Å². The van der Waals surface area contributed by atoms with Crippen LogP contribution in [-0.4, -0.2) is 17.6 Å². The van der Waals surface area contributed by atoms with Gasteiger partial charge in [0.1, 0.15) is 0 Å². The van der Waals surface area contributed by atoms with E-state index in [1.54, 1.807) is 12.3 Å². The van der Waals surface area contributed by atoms with E-state index in [9.17, 15) is 4.79 Å². The van der Waals surface area contributed by atoms with Gasteiger partial charge >= 0.3 is 0 Å². The van der Waals surface area contributed by atoms with Crippen LogP contribution in [0.2, 0.25) is 0 Å². The number of hydrogen-bond acceptors (Lipinski definition) is 2. The van der Waals surface area contributed by atoms with Crippen LogP contribution in [0.1, 0.15) is 54.1 Å². The van der Waals surface area contributed by atoms with E-state index >= 15 is 0 Å². The van der Waals surface area contributed by atoms with Crippen LogP contribution in [0.3, 0.4) is 0 Å². The van der Waals surface area contributed by atoms with E-state index in [0.29, 0.717) is 11.5 Å². The Balaban J connectivity index is 2.20. The predicted molar refractivity (Wildman–Crippen MR) is 63.9 cm³/mol. The summed E-state index contributed by atoms with van der Waals surface area (Å²) >= 11 is 0. The van der Waals surface area contributed by atoms with Crippen LogP contribution < -0.4 is 0 Å². The lowest BCUT2D eigenvalue weighted by atomic mass is 9.86. The molecule has 1 aromatic heterocycles. The van der Waals surface area contributed by atoms with Crippen molar-refractivity contribution in [1.29, 1.82) is 0 Å². The maximum absolute atomic E-state index is 11.4. The van der Waals surface area contributed by atoms with Crippen LogP contribution >= 0.6 is 0 Å². The summed E-state index contributed by atoms with van der Waals surface area (Å²) in [6.07, 6.45) is 7.93. The van der Waals surface area contributed by atoms with E-state index in [0.717, 1.165) is 5.69 Å². The molecule has 2 rings (SSSR count). The third-order valence-corrected chi connectivity index (χ3v) is 3.20. The summed E-state index contributed by atoms with van der Waals surface area (Å²) in [4.78, 5) is 19.2. The van der Waals surface area contributed by atoms with Crippen molar-refractivity contribution in [2.45, 2.75) is 38.0 Å². The van der Waals surface area contributed by atoms with E-state index in [-0.39, 0.29) is 5.91 Å². The minimum atomic E-state index is -0.264. The van der Waals surface area contributed by atoms with Crippen LogP contribution in [0.4, 0.5) is 0 Å². The number of rotatable bonds is 2. The first-order chi connectivity index (χ1) is 7.81. The minimum absolute atomic E-state index is 0.264. The van der Waals surface area contributed by atoms with Gasteiger partial charge in [-0.15, -0.1) is 0 Å². The van der Waals surface area contributed by atoms with Gasteiger partial charge in [-0.25, -0.2) is 4.99 Å². The Bertz CT molecular complexity index is 395. The lowest BCUT2D eigenvalue weighted by molar-refractivity contribution is 0.100. The fraction of sp³-hybridized carbons (Fsp3) is 0.462. The SMILES string of the molecule is C=NC(=O)c1ccnc(C2CCCCC2)c1. The highest BCUT2D eigenvalue weighted by molar-refractivity contribution is 5.96. The topological polar surface area (TPSA) is 42.3 Å². The first-order valence-electron chi connectivity index (χ1n) is 5.78. The zero-order chi connectivity index (χ0) is 11.4. The number of carbonyl (C=O) groups excluding carboxylic acids is 1. The van der Waals surface area contributed by atoms with E-state index in [4.69, 9.17) is 0 Å². The third-order valence-electron chi connectivity index (χ3n) is 3.20. The van der Waals surface area contributed by atoms with Gasteiger partial charge < -0.3 is 0 Å². The number of nitrogens with zero attached hydrogens (tertiary/aromatic N) is 2. The molecule has 3 heteroatoms. The van der Waals surface area contributed by atoms with Gasteiger partial charge in [0.15, 0.2) is 0 Å². The highest BCUT2D eigenvalue weighted by atomic mass is 16.1. The molecule has 16 heavy (non-hydrogen) atoms. The third kappa shape index (κ3) is 2.35. The highest BCUT2D eigenvalue weighted by Crippen LogP contribution is 2.31. The van der Waals surface area contributed by atoms with Crippen molar-refractivity contribution in [1.82, 2.24) is 4.98 Å². The standard InChI is InChI=1S/C13H16N2O/c1-14-13(16)11-7-8-15-12(9-11)10-5-3-2-4-6-10/h7-10H,1-6H2. The molecule has 1 fully saturated rings. The zero-order valence-corrected chi connectivity index (χ0v) is 9.35. The van der Waals surface area contributed by atoms with Crippen molar-refractivity contribution >= 4 is 12.6 Å². The van der Waals surface area contributed by atoms with Gasteiger partial charge in [0.05, 0.1) is 0 Å². The smallest absolute Gasteiger partial charge is 0.267 e. The molecule has 1 aliphatic carbocycles. The summed E-state index contributed by atoms with van der Waals surface area (Å²) in [6, 6.07) is 3.57. The minimum Gasteiger partial charge on any atom is -0.267 e. The molecule has 1 saturated carbocycles. The number of hydrogen-bond donors (Lipinski definition) is 0. The Kier molecular flexibility index (Phi) is 3.44. The van der Waals surface area contributed by atoms with Crippen molar-refractivity contribution in [2.75, 3.05) is 0 Å². The van der Waals surface area contributed by atoms with Crippen LogP contribution in [0.15, 0.2) is 23.3 Å². The van der Waals surface area contributed by atoms with Gasteiger partial charge in [0.25, 0.3) is 5.91 Å². The number of pyridine rings is 1. The van der Waals surface area contributed by atoms with Gasteiger partial charge in [-0.3, -0.25) is 9.78 Å². The van der Waals surface area contributed by atoms with E-state index in [2.05, 4.69) is 16.7 Å². The van der Waals surface area contributed by atoms with Gasteiger partial charge in [0.2, 0.25) is 0 Å². The molecule has 0 atom stereocenters. The molecular weight excluding hydrogens is 200 g/mol. The molecule has 1 amide bonds. The van der Waals surface area contributed by atoms with Crippen molar-refractivity contribution in [2.24, 2.45) is 4.99 Å². The number of amides is 1. The second-order valence-corrected chi connectivity index (χ2v) is 4.27. The first kappa shape index (κ1) is 11.0. The molecule has 0 N–H and O–H groups in total. The Hall–Kier alpha value is -1.51. The molecule has 1 aliphatic rings. The Morgan fingerprint density at radius 1 is 1.38 bits per heavy atom. The molecule has 84 valence electrons. The molecular formula is C13H16N2O. The molecule has 0 unspecified atom stereocenters. The monoisotopic (exact) mass is 216 g/mol. The summed E-state index contributed by atoms with van der Waals surface area (Å²) in [5, 5.41) is 0. The second kappa shape index (κ2) is 5.01. The summed E-state index contributed by atoms with van der Waals surface area (Å²) in [5.41, 5.74) is 1.64. The molecule has 0 aromatic carbocycles. The number of carbonyl (C=O) groups is 1. The average molecular weight is 216 g/mol. The van der Waals surface area contributed by atoms with Crippen molar-refractivity contribution in [3.63, 3.8) is 0 Å². The average Bonchev–Trinajstić information content (AvgIpc) is 2.39. The van der Waals surface area contributed by atoms with E-state index in [1.165, 1.54) is 32.1 Å². The summed E-state index contributed by atoms with van der Waals surface area (Å²) < 4.78 is 0. The fourth-order valence-electron chi connectivity index (χ4n) is 2.29. The molecule has 0 aliphatic heterocycles. The predicted octanol–water partition coefficient (Wildman–Crippen LogP) is 2.97. The van der Waals surface area contributed by atoms with Crippen LogP contribution in [0.25, 0.3) is 0 Å². The highest BCUT2D eigenvalue weighted by Gasteiger charge is 2.17. The van der Waals surface area contributed by atoms with Crippen LogP contribution in [0.5, 0.6) is 0 Å². The van der Waals surface area contributed by atoms with Gasteiger partial charge in [-0.05, 0) is 31.7 Å². The molecule has 1 heterocycles. The number of aliphatic imine (C=N–C) groups is 1. The summed E-state index contributed by atoms with van der Waals surface area (Å²) in [5.74, 6) is 0.255. The largest absolute Gasteiger partial charge is 0.276 e.